The lowest BCUT2D eigenvalue weighted by Crippen LogP contribution is -2.42. The van der Waals surface area contributed by atoms with Crippen LogP contribution in [0.2, 0.25) is 0 Å². The standard InChI is InChI=1S/C27H39N3O/c1-21-10-9-11-22(2)25(21)28-26(31)30(19-18-29-16-7-6-8-17-29)20-23-12-14-24(15-13-23)27(3,4)5/h9-15H,6-8,16-20H2,1-5H3,(H,28,31). The van der Waals surface area contributed by atoms with Gasteiger partial charge in [0, 0.05) is 25.3 Å². The minimum absolute atomic E-state index is 0.0192. The van der Waals surface area contributed by atoms with Gasteiger partial charge in [0.05, 0.1) is 0 Å². The first-order valence-electron chi connectivity index (χ1n) is 11.7. The molecular weight excluding hydrogens is 382 g/mol. The topological polar surface area (TPSA) is 35.6 Å². The number of para-hydroxylation sites is 1. The molecule has 1 saturated heterocycles. The molecule has 168 valence electrons. The van der Waals surface area contributed by atoms with E-state index in [1.807, 2.05) is 36.9 Å². The summed E-state index contributed by atoms with van der Waals surface area (Å²) < 4.78 is 0. The lowest BCUT2D eigenvalue weighted by Gasteiger charge is -2.30. The number of piperidine rings is 1. The normalized spacial score (nSPS) is 15.0. The SMILES string of the molecule is Cc1cccc(C)c1NC(=O)N(CCN1CCCCC1)Cc1ccc(C(C)(C)C)cc1. The summed E-state index contributed by atoms with van der Waals surface area (Å²) in [6, 6.07) is 14.8. The van der Waals surface area contributed by atoms with Crippen LogP contribution in [-0.2, 0) is 12.0 Å². The summed E-state index contributed by atoms with van der Waals surface area (Å²) in [6.07, 6.45) is 3.86. The van der Waals surface area contributed by atoms with Gasteiger partial charge in [0.2, 0.25) is 0 Å². The highest BCUT2D eigenvalue weighted by atomic mass is 16.2. The zero-order valence-electron chi connectivity index (χ0n) is 20.0. The van der Waals surface area contributed by atoms with E-state index >= 15 is 0 Å². The van der Waals surface area contributed by atoms with Crippen LogP contribution in [0.5, 0.6) is 0 Å². The van der Waals surface area contributed by atoms with E-state index in [2.05, 4.69) is 55.3 Å². The van der Waals surface area contributed by atoms with Crippen LogP contribution in [0, 0.1) is 13.8 Å². The molecule has 0 radical (unpaired) electrons. The Morgan fingerprint density at radius 3 is 2.16 bits per heavy atom. The molecule has 1 fully saturated rings. The molecule has 3 rings (SSSR count). The fourth-order valence-corrected chi connectivity index (χ4v) is 4.23. The highest BCUT2D eigenvalue weighted by molar-refractivity contribution is 5.91. The van der Waals surface area contributed by atoms with Gasteiger partial charge in [-0.05, 0) is 67.4 Å². The van der Waals surface area contributed by atoms with E-state index in [4.69, 9.17) is 0 Å². The highest BCUT2D eigenvalue weighted by Crippen LogP contribution is 2.23. The number of nitrogens with one attached hydrogen (secondary N) is 1. The number of aryl methyl sites for hydroxylation is 2. The Labute approximate surface area is 188 Å². The number of hydrogen-bond donors (Lipinski definition) is 1. The Bertz CT molecular complexity index is 841. The third-order valence-electron chi connectivity index (χ3n) is 6.33. The molecule has 2 aromatic rings. The van der Waals surface area contributed by atoms with Crippen LogP contribution in [0.3, 0.4) is 0 Å². The third-order valence-corrected chi connectivity index (χ3v) is 6.33. The molecule has 1 aliphatic rings. The summed E-state index contributed by atoms with van der Waals surface area (Å²) in [5, 5.41) is 3.19. The Hall–Kier alpha value is -2.33. The summed E-state index contributed by atoms with van der Waals surface area (Å²) in [4.78, 5) is 17.8. The summed E-state index contributed by atoms with van der Waals surface area (Å²) in [5.41, 5.74) is 5.74. The number of carbonyl (C=O) groups excluding carboxylic acids is 1. The summed E-state index contributed by atoms with van der Waals surface area (Å²) in [7, 11) is 0. The molecule has 0 aromatic heterocycles. The fourth-order valence-electron chi connectivity index (χ4n) is 4.23. The van der Waals surface area contributed by atoms with E-state index in [9.17, 15) is 4.79 Å². The number of rotatable bonds is 6. The number of urea groups is 1. The molecule has 0 atom stereocenters. The number of benzene rings is 2. The predicted molar refractivity (Wildman–Crippen MR) is 131 cm³/mol. The number of carbonyl (C=O) groups is 1. The summed E-state index contributed by atoms with van der Waals surface area (Å²) in [6.45, 7) is 15.4. The minimum Gasteiger partial charge on any atom is -0.319 e. The maximum absolute atomic E-state index is 13.3. The van der Waals surface area contributed by atoms with E-state index in [1.165, 1.54) is 30.4 Å². The van der Waals surface area contributed by atoms with Gasteiger partial charge < -0.3 is 15.1 Å². The van der Waals surface area contributed by atoms with Crippen molar-refractivity contribution in [2.45, 2.75) is 65.8 Å². The molecule has 0 aliphatic carbocycles. The minimum atomic E-state index is -0.0192. The molecule has 4 nitrogen and oxygen atoms in total. The average molecular weight is 422 g/mol. The largest absolute Gasteiger partial charge is 0.322 e. The van der Waals surface area contributed by atoms with Crippen LogP contribution < -0.4 is 5.32 Å². The van der Waals surface area contributed by atoms with E-state index in [0.717, 1.165) is 43.0 Å². The monoisotopic (exact) mass is 421 g/mol. The van der Waals surface area contributed by atoms with Gasteiger partial charge in [-0.1, -0.05) is 69.7 Å². The van der Waals surface area contributed by atoms with Crippen LogP contribution in [0.25, 0.3) is 0 Å². The quantitative estimate of drug-likeness (QED) is 0.610. The lowest BCUT2D eigenvalue weighted by molar-refractivity contribution is 0.178. The molecule has 0 spiro atoms. The Morgan fingerprint density at radius 2 is 1.58 bits per heavy atom. The van der Waals surface area contributed by atoms with Crippen molar-refractivity contribution in [1.29, 1.82) is 0 Å². The Kier molecular flexibility index (Phi) is 7.77. The molecule has 0 unspecified atom stereocenters. The predicted octanol–water partition coefficient (Wildman–Crippen LogP) is 6.12. The number of nitrogens with zero attached hydrogens (tertiary/aromatic N) is 2. The molecule has 2 aromatic carbocycles. The van der Waals surface area contributed by atoms with Crippen LogP contribution in [0.15, 0.2) is 42.5 Å². The Balaban J connectivity index is 1.74. The van der Waals surface area contributed by atoms with Crippen molar-refractivity contribution in [2.75, 3.05) is 31.5 Å². The zero-order chi connectivity index (χ0) is 22.4. The smallest absolute Gasteiger partial charge is 0.319 e. The number of amides is 2. The van der Waals surface area contributed by atoms with Gasteiger partial charge in [-0.25, -0.2) is 4.79 Å². The lowest BCUT2D eigenvalue weighted by atomic mass is 9.87. The van der Waals surface area contributed by atoms with Crippen molar-refractivity contribution in [1.82, 2.24) is 9.80 Å². The first kappa shape index (κ1) is 23.3. The second-order valence-corrected chi connectivity index (χ2v) is 9.97. The van der Waals surface area contributed by atoms with Crippen molar-refractivity contribution < 1.29 is 4.79 Å². The molecular formula is C27H39N3O. The molecule has 0 bridgehead atoms. The average Bonchev–Trinajstić information content (AvgIpc) is 2.74. The maximum atomic E-state index is 13.3. The van der Waals surface area contributed by atoms with Crippen molar-refractivity contribution >= 4 is 11.7 Å². The molecule has 1 heterocycles. The van der Waals surface area contributed by atoms with Crippen LogP contribution >= 0.6 is 0 Å². The van der Waals surface area contributed by atoms with Gasteiger partial charge in [-0.2, -0.15) is 0 Å². The first-order valence-corrected chi connectivity index (χ1v) is 11.7. The van der Waals surface area contributed by atoms with Crippen molar-refractivity contribution in [3.8, 4) is 0 Å². The molecule has 31 heavy (non-hydrogen) atoms. The van der Waals surface area contributed by atoms with E-state index in [1.54, 1.807) is 0 Å². The van der Waals surface area contributed by atoms with Gasteiger partial charge in [-0.15, -0.1) is 0 Å². The second kappa shape index (κ2) is 10.3. The molecule has 4 heteroatoms. The first-order chi connectivity index (χ1) is 14.7. The van der Waals surface area contributed by atoms with Crippen LogP contribution in [0.1, 0.15) is 62.3 Å². The van der Waals surface area contributed by atoms with Gasteiger partial charge in [0.1, 0.15) is 0 Å². The summed E-state index contributed by atoms with van der Waals surface area (Å²) in [5.74, 6) is 0. The van der Waals surface area contributed by atoms with Gasteiger partial charge in [-0.3, -0.25) is 0 Å². The summed E-state index contributed by atoms with van der Waals surface area (Å²) >= 11 is 0. The third kappa shape index (κ3) is 6.57. The van der Waals surface area contributed by atoms with E-state index < -0.39 is 0 Å². The van der Waals surface area contributed by atoms with Crippen molar-refractivity contribution in [3.05, 3.63) is 64.7 Å². The van der Waals surface area contributed by atoms with Gasteiger partial charge in [0.15, 0.2) is 0 Å². The number of anilines is 1. The fraction of sp³-hybridized carbons (Fsp3) is 0.519. The van der Waals surface area contributed by atoms with Crippen molar-refractivity contribution in [3.63, 3.8) is 0 Å². The zero-order valence-corrected chi connectivity index (χ0v) is 20.0. The van der Waals surface area contributed by atoms with Gasteiger partial charge in [0.25, 0.3) is 0 Å². The molecule has 2 amide bonds. The second-order valence-electron chi connectivity index (χ2n) is 9.97. The van der Waals surface area contributed by atoms with Gasteiger partial charge >= 0.3 is 6.03 Å². The Morgan fingerprint density at radius 1 is 0.968 bits per heavy atom. The number of likely N-dealkylation sites (tertiary alicyclic amines) is 1. The number of hydrogen-bond acceptors (Lipinski definition) is 2. The molecule has 1 aliphatic heterocycles. The van der Waals surface area contributed by atoms with Crippen molar-refractivity contribution in [2.24, 2.45) is 0 Å². The molecule has 0 saturated carbocycles. The van der Waals surface area contributed by atoms with Crippen LogP contribution in [-0.4, -0.2) is 42.0 Å². The van der Waals surface area contributed by atoms with E-state index in [0.29, 0.717) is 6.54 Å². The van der Waals surface area contributed by atoms with Crippen LogP contribution in [0.4, 0.5) is 10.5 Å². The van der Waals surface area contributed by atoms with E-state index in [-0.39, 0.29) is 11.4 Å². The molecule has 1 N–H and O–H groups in total. The highest BCUT2D eigenvalue weighted by Gasteiger charge is 2.19. The maximum Gasteiger partial charge on any atom is 0.322 e.